The SMILES string of the molecule is C[C@H](c1nnc(SCc2cc(=O)n3ccsc3n2)n1-c1ccc(Cl)cc1)N1CCCCC1. The van der Waals surface area contributed by atoms with Gasteiger partial charge in [0.15, 0.2) is 15.9 Å². The van der Waals surface area contributed by atoms with E-state index >= 15 is 0 Å². The van der Waals surface area contributed by atoms with E-state index in [1.54, 1.807) is 16.7 Å². The van der Waals surface area contributed by atoms with Crippen LogP contribution in [-0.2, 0) is 5.75 Å². The standard InChI is InChI=1S/C22H23ClN6OS2/c1-15(27-9-3-2-4-10-27)20-25-26-22(29(20)18-7-5-16(23)6-8-18)32-14-17-13-19(30)28-11-12-31-21(28)24-17/h5-8,11-13,15H,2-4,9-10,14H2,1H3/t15-/m1/s1. The zero-order chi connectivity index (χ0) is 22.1. The number of halogens is 1. The molecule has 5 rings (SSSR count). The van der Waals surface area contributed by atoms with E-state index in [9.17, 15) is 4.79 Å². The van der Waals surface area contributed by atoms with E-state index in [2.05, 4.69) is 31.6 Å². The van der Waals surface area contributed by atoms with Crippen LogP contribution in [0.1, 0.15) is 43.7 Å². The molecule has 166 valence electrons. The van der Waals surface area contributed by atoms with Gasteiger partial charge in [-0.15, -0.1) is 21.5 Å². The molecule has 7 nitrogen and oxygen atoms in total. The van der Waals surface area contributed by atoms with Crippen LogP contribution in [0, 0.1) is 0 Å². The molecule has 0 bridgehead atoms. The highest BCUT2D eigenvalue weighted by Gasteiger charge is 2.25. The van der Waals surface area contributed by atoms with Gasteiger partial charge in [0.1, 0.15) is 0 Å². The summed E-state index contributed by atoms with van der Waals surface area (Å²) in [5, 5.41) is 12.5. The Morgan fingerprint density at radius 3 is 2.72 bits per heavy atom. The lowest BCUT2D eigenvalue weighted by molar-refractivity contribution is 0.167. The van der Waals surface area contributed by atoms with Crippen LogP contribution in [-0.4, -0.2) is 42.1 Å². The first kappa shape index (κ1) is 21.6. The number of benzene rings is 1. The molecule has 1 saturated heterocycles. The van der Waals surface area contributed by atoms with Crippen molar-refractivity contribution in [2.24, 2.45) is 0 Å². The zero-order valence-corrected chi connectivity index (χ0v) is 20.0. The molecule has 0 saturated carbocycles. The third-order valence-electron chi connectivity index (χ3n) is 5.76. The number of nitrogens with zero attached hydrogens (tertiary/aromatic N) is 6. The molecule has 4 heterocycles. The van der Waals surface area contributed by atoms with Crippen molar-refractivity contribution in [1.29, 1.82) is 0 Å². The summed E-state index contributed by atoms with van der Waals surface area (Å²) in [5.41, 5.74) is 1.65. The van der Waals surface area contributed by atoms with E-state index in [0.29, 0.717) is 15.7 Å². The highest BCUT2D eigenvalue weighted by molar-refractivity contribution is 7.98. The summed E-state index contributed by atoms with van der Waals surface area (Å²) in [6.07, 6.45) is 5.47. The lowest BCUT2D eigenvalue weighted by atomic mass is 10.1. The predicted molar refractivity (Wildman–Crippen MR) is 129 cm³/mol. The van der Waals surface area contributed by atoms with Gasteiger partial charge >= 0.3 is 0 Å². The zero-order valence-electron chi connectivity index (χ0n) is 17.6. The van der Waals surface area contributed by atoms with Crippen LogP contribution in [0.25, 0.3) is 10.6 Å². The molecular weight excluding hydrogens is 464 g/mol. The molecule has 10 heteroatoms. The first-order valence-electron chi connectivity index (χ1n) is 10.6. The number of rotatable bonds is 6. The van der Waals surface area contributed by atoms with E-state index in [1.807, 2.05) is 29.6 Å². The minimum atomic E-state index is -0.0644. The number of hydrogen-bond donors (Lipinski definition) is 0. The van der Waals surface area contributed by atoms with Crippen molar-refractivity contribution in [3.05, 3.63) is 68.8 Å². The third-order valence-corrected chi connectivity index (χ3v) is 7.73. The number of hydrogen-bond acceptors (Lipinski definition) is 7. The number of thioether (sulfide) groups is 1. The summed E-state index contributed by atoms with van der Waals surface area (Å²) in [7, 11) is 0. The molecule has 32 heavy (non-hydrogen) atoms. The van der Waals surface area contributed by atoms with Crippen molar-refractivity contribution in [2.45, 2.75) is 43.1 Å². The Kier molecular flexibility index (Phi) is 6.32. The molecule has 3 aromatic heterocycles. The van der Waals surface area contributed by atoms with E-state index < -0.39 is 0 Å². The number of likely N-dealkylation sites (tertiary alicyclic amines) is 1. The monoisotopic (exact) mass is 486 g/mol. The molecule has 0 spiro atoms. The van der Waals surface area contributed by atoms with E-state index in [4.69, 9.17) is 11.6 Å². The number of thiazole rings is 1. The van der Waals surface area contributed by atoms with Gasteiger partial charge in [-0.25, -0.2) is 4.98 Å². The van der Waals surface area contributed by atoms with Gasteiger partial charge in [0.2, 0.25) is 0 Å². The summed E-state index contributed by atoms with van der Waals surface area (Å²) in [4.78, 5) is 20.1. The van der Waals surface area contributed by atoms with Crippen LogP contribution in [0.2, 0.25) is 5.02 Å². The van der Waals surface area contributed by atoms with Crippen molar-refractivity contribution in [2.75, 3.05) is 13.1 Å². The smallest absolute Gasteiger partial charge is 0.258 e. The van der Waals surface area contributed by atoms with Gasteiger partial charge in [0, 0.05) is 34.1 Å². The van der Waals surface area contributed by atoms with Crippen LogP contribution in [0.15, 0.2) is 51.9 Å². The maximum atomic E-state index is 12.3. The van der Waals surface area contributed by atoms with Gasteiger partial charge in [-0.2, -0.15) is 0 Å². The molecule has 1 atom stereocenters. The Bertz CT molecular complexity index is 1280. The Hall–Kier alpha value is -2.20. The molecule has 1 fully saturated rings. The molecule has 0 unspecified atom stereocenters. The number of piperidine rings is 1. The van der Waals surface area contributed by atoms with Crippen LogP contribution in [0.3, 0.4) is 0 Å². The third kappa shape index (κ3) is 4.34. The maximum absolute atomic E-state index is 12.3. The normalized spacial score (nSPS) is 15.9. The Morgan fingerprint density at radius 2 is 1.94 bits per heavy atom. The topological polar surface area (TPSA) is 68.3 Å². The maximum Gasteiger partial charge on any atom is 0.258 e. The van der Waals surface area contributed by atoms with Gasteiger partial charge < -0.3 is 0 Å². The molecule has 4 aromatic rings. The van der Waals surface area contributed by atoms with Gasteiger partial charge in [-0.1, -0.05) is 29.8 Å². The van der Waals surface area contributed by atoms with Crippen molar-refractivity contribution in [3.8, 4) is 5.69 Å². The van der Waals surface area contributed by atoms with E-state index in [1.165, 1.54) is 42.4 Å². The first-order chi connectivity index (χ1) is 15.6. The second-order valence-electron chi connectivity index (χ2n) is 7.86. The lowest BCUT2D eigenvalue weighted by Gasteiger charge is -2.31. The van der Waals surface area contributed by atoms with Crippen LogP contribution in [0.5, 0.6) is 0 Å². The largest absolute Gasteiger partial charge is 0.294 e. The molecule has 1 aliphatic rings. The van der Waals surface area contributed by atoms with Gasteiger partial charge in [0.05, 0.1) is 11.7 Å². The Balaban J connectivity index is 1.47. The molecule has 0 radical (unpaired) electrons. The molecule has 1 aliphatic heterocycles. The molecule has 1 aromatic carbocycles. The summed E-state index contributed by atoms with van der Waals surface area (Å²) in [5.74, 6) is 1.45. The second-order valence-corrected chi connectivity index (χ2v) is 10.1. The molecular formula is C22H23ClN6OS2. The Morgan fingerprint density at radius 1 is 1.16 bits per heavy atom. The van der Waals surface area contributed by atoms with Gasteiger partial charge in [-0.05, 0) is 57.1 Å². The van der Waals surface area contributed by atoms with E-state index in [0.717, 1.165) is 35.5 Å². The second kappa shape index (κ2) is 9.35. The highest BCUT2D eigenvalue weighted by Crippen LogP contribution is 2.31. The summed E-state index contributed by atoms with van der Waals surface area (Å²) in [6, 6.07) is 9.49. The van der Waals surface area contributed by atoms with Crippen LogP contribution >= 0.6 is 34.7 Å². The first-order valence-corrected chi connectivity index (χ1v) is 12.9. The number of aromatic nitrogens is 5. The van der Waals surface area contributed by atoms with E-state index in [-0.39, 0.29) is 11.6 Å². The van der Waals surface area contributed by atoms with Crippen molar-refractivity contribution in [1.82, 2.24) is 29.0 Å². The van der Waals surface area contributed by atoms with Gasteiger partial charge in [0.25, 0.3) is 5.56 Å². The summed E-state index contributed by atoms with van der Waals surface area (Å²) in [6.45, 7) is 4.35. The van der Waals surface area contributed by atoms with Crippen molar-refractivity contribution < 1.29 is 0 Å². The highest BCUT2D eigenvalue weighted by atomic mass is 35.5. The predicted octanol–water partition coefficient (Wildman–Crippen LogP) is 4.83. The van der Waals surface area contributed by atoms with Crippen molar-refractivity contribution in [3.63, 3.8) is 0 Å². The fourth-order valence-electron chi connectivity index (χ4n) is 4.05. The van der Waals surface area contributed by atoms with Gasteiger partial charge in [-0.3, -0.25) is 18.7 Å². The lowest BCUT2D eigenvalue weighted by Crippen LogP contribution is -2.33. The summed E-state index contributed by atoms with van der Waals surface area (Å²) < 4.78 is 3.67. The molecule has 0 amide bonds. The molecule has 0 aliphatic carbocycles. The molecule has 0 N–H and O–H groups in total. The average molecular weight is 487 g/mol. The minimum Gasteiger partial charge on any atom is -0.294 e. The fourth-order valence-corrected chi connectivity index (χ4v) is 5.76. The number of fused-ring (bicyclic) bond motifs is 1. The minimum absolute atomic E-state index is 0.0644. The quantitative estimate of drug-likeness (QED) is 0.364. The van der Waals surface area contributed by atoms with Crippen LogP contribution < -0.4 is 5.56 Å². The van der Waals surface area contributed by atoms with Crippen molar-refractivity contribution >= 4 is 39.7 Å². The average Bonchev–Trinajstić information content (AvgIpc) is 3.46. The van der Waals surface area contributed by atoms with Crippen LogP contribution in [0.4, 0.5) is 0 Å². The Labute approximate surface area is 199 Å². The fraction of sp³-hybridized carbons (Fsp3) is 0.364. The summed E-state index contributed by atoms with van der Waals surface area (Å²) >= 11 is 9.13.